The van der Waals surface area contributed by atoms with Gasteiger partial charge in [-0.15, -0.1) is 12.4 Å². The molecule has 4 nitrogen and oxygen atoms in total. The van der Waals surface area contributed by atoms with Crippen LogP contribution in [0.25, 0.3) is 0 Å². The predicted octanol–water partition coefficient (Wildman–Crippen LogP) is 1.79. The average molecular weight is 329 g/mol. The van der Waals surface area contributed by atoms with Crippen molar-refractivity contribution in [1.29, 1.82) is 0 Å². The Morgan fingerprint density at radius 3 is 2.79 bits per heavy atom. The summed E-state index contributed by atoms with van der Waals surface area (Å²) in [5, 5.41) is 3.31. The van der Waals surface area contributed by atoms with Gasteiger partial charge in [0.15, 0.2) is 0 Å². The van der Waals surface area contributed by atoms with E-state index in [0.29, 0.717) is 6.54 Å². The third kappa shape index (κ3) is 4.29. The van der Waals surface area contributed by atoms with Crippen molar-refractivity contribution in [3.05, 3.63) is 29.0 Å². The van der Waals surface area contributed by atoms with E-state index < -0.39 is 15.8 Å². The first kappa shape index (κ1) is 16.7. The van der Waals surface area contributed by atoms with Gasteiger partial charge >= 0.3 is 0 Å². The highest BCUT2D eigenvalue weighted by molar-refractivity contribution is 7.89. The highest BCUT2D eigenvalue weighted by atomic mass is 35.5. The standard InChI is InChI=1S/C11H14ClFN2O2S.ClH/c12-9-1-2-11(10(13)5-9)18(16,17)15-7-8-3-4-14-6-8;/h1-2,5,8,14-15H,3-4,6-7H2;1H. The van der Waals surface area contributed by atoms with E-state index >= 15 is 0 Å². The monoisotopic (exact) mass is 328 g/mol. The molecule has 1 aliphatic heterocycles. The molecule has 1 atom stereocenters. The number of sulfonamides is 1. The van der Waals surface area contributed by atoms with Gasteiger partial charge in [-0.1, -0.05) is 11.6 Å². The third-order valence-corrected chi connectivity index (χ3v) is 4.60. The lowest BCUT2D eigenvalue weighted by Crippen LogP contribution is -2.30. The largest absolute Gasteiger partial charge is 0.316 e. The zero-order valence-electron chi connectivity index (χ0n) is 10.0. The summed E-state index contributed by atoms with van der Waals surface area (Å²) in [6, 6.07) is 3.52. The lowest BCUT2D eigenvalue weighted by molar-refractivity contribution is 0.529. The molecule has 8 heteroatoms. The smallest absolute Gasteiger partial charge is 0.243 e. The van der Waals surface area contributed by atoms with Crippen LogP contribution in [0.4, 0.5) is 4.39 Å². The zero-order valence-corrected chi connectivity index (χ0v) is 12.4. The highest BCUT2D eigenvalue weighted by Gasteiger charge is 2.22. The Balaban J connectivity index is 0.00000180. The van der Waals surface area contributed by atoms with Crippen LogP contribution in [0.5, 0.6) is 0 Å². The SMILES string of the molecule is Cl.O=S(=O)(NCC1CCNC1)c1ccc(Cl)cc1F. The van der Waals surface area contributed by atoms with Crippen LogP contribution in [0.15, 0.2) is 23.1 Å². The summed E-state index contributed by atoms with van der Waals surface area (Å²) < 4.78 is 39.8. The lowest BCUT2D eigenvalue weighted by Gasteiger charge is -2.11. The van der Waals surface area contributed by atoms with Crippen LogP contribution >= 0.6 is 24.0 Å². The zero-order chi connectivity index (χ0) is 13.2. The summed E-state index contributed by atoms with van der Waals surface area (Å²) in [6.07, 6.45) is 0.922. The summed E-state index contributed by atoms with van der Waals surface area (Å²) in [6.45, 7) is 1.99. The van der Waals surface area contributed by atoms with Crippen LogP contribution < -0.4 is 10.0 Å². The molecule has 0 amide bonds. The fraction of sp³-hybridized carbons (Fsp3) is 0.455. The van der Waals surface area contributed by atoms with Crippen LogP contribution in [0.1, 0.15) is 6.42 Å². The topological polar surface area (TPSA) is 58.2 Å². The van der Waals surface area contributed by atoms with Gasteiger partial charge in [-0.2, -0.15) is 0 Å². The van der Waals surface area contributed by atoms with E-state index in [1.54, 1.807) is 0 Å². The van der Waals surface area contributed by atoms with Gasteiger partial charge in [0.25, 0.3) is 0 Å². The van der Waals surface area contributed by atoms with Crippen LogP contribution in [0, 0.1) is 11.7 Å². The van der Waals surface area contributed by atoms with Gasteiger partial charge in [0, 0.05) is 11.6 Å². The maximum Gasteiger partial charge on any atom is 0.243 e. The van der Waals surface area contributed by atoms with Crippen molar-refractivity contribution in [2.75, 3.05) is 19.6 Å². The average Bonchev–Trinajstić information content (AvgIpc) is 2.78. The number of benzene rings is 1. The van der Waals surface area contributed by atoms with E-state index in [-0.39, 0.29) is 28.2 Å². The summed E-state index contributed by atoms with van der Waals surface area (Å²) in [5.41, 5.74) is 0. The molecule has 0 aliphatic carbocycles. The first-order valence-electron chi connectivity index (χ1n) is 5.64. The van der Waals surface area contributed by atoms with Gasteiger partial charge in [0.05, 0.1) is 0 Å². The minimum atomic E-state index is -3.81. The Morgan fingerprint density at radius 2 is 2.21 bits per heavy atom. The lowest BCUT2D eigenvalue weighted by atomic mass is 10.1. The summed E-state index contributed by atoms with van der Waals surface area (Å²) in [5.74, 6) is -0.574. The molecular weight excluding hydrogens is 314 g/mol. The van der Waals surface area contributed by atoms with E-state index in [9.17, 15) is 12.8 Å². The second-order valence-electron chi connectivity index (χ2n) is 4.29. The quantitative estimate of drug-likeness (QED) is 0.885. The number of halogens is 3. The van der Waals surface area contributed by atoms with Gasteiger partial charge in [-0.25, -0.2) is 17.5 Å². The fourth-order valence-electron chi connectivity index (χ4n) is 1.89. The fourth-order valence-corrected chi connectivity index (χ4v) is 3.22. The number of hydrogen-bond acceptors (Lipinski definition) is 3. The minimum absolute atomic E-state index is 0. The van der Waals surface area contributed by atoms with Crippen molar-refractivity contribution in [2.45, 2.75) is 11.3 Å². The van der Waals surface area contributed by atoms with Crippen molar-refractivity contribution in [1.82, 2.24) is 10.0 Å². The first-order valence-corrected chi connectivity index (χ1v) is 7.50. The summed E-state index contributed by atoms with van der Waals surface area (Å²) >= 11 is 5.58. The van der Waals surface area contributed by atoms with Gasteiger partial charge < -0.3 is 5.32 Å². The second-order valence-corrected chi connectivity index (χ2v) is 6.46. The van der Waals surface area contributed by atoms with Crippen molar-refractivity contribution >= 4 is 34.0 Å². The van der Waals surface area contributed by atoms with Crippen LogP contribution in [-0.2, 0) is 10.0 Å². The Morgan fingerprint density at radius 1 is 1.47 bits per heavy atom. The molecule has 0 bridgehead atoms. The van der Waals surface area contributed by atoms with Gasteiger partial charge in [0.2, 0.25) is 10.0 Å². The van der Waals surface area contributed by atoms with Gasteiger partial charge in [-0.3, -0.25) is 0 Å². The number of rotatable bonds is 4. The molecule has 1 fully saturated rings. The molecule has 1 aliphatic rings. The van der Waals surface area contributed by atoms with Crippen molar-refractivity contribution in [3.63, 3.8) is 0 Å². The molecule has 108 valence electrons. The first-order chi connectivity index (χ1) is 8.49. The normalized spacial score (nSPS) is 19.2. The molecule has 0 saturated carbocycles. The van der Waals surface area contributed by atoms with E-state index in [0.717, 1.165) is 25.6 Å². The second kappa shape index (κ2) is 6.85. The molecule has 0 aromatic heterocycles. The molecule has 2 rings (SSSR count). The Hall–Kier alpha value is -0.400. The Kier molecular flexibility index (Phi) is 6.01. The number of nitrogens with one attached hydrogen (secondary N) is 2. The molecule has 1 unspecified atom stereocenters. The Labute approximate surface area is 123 Å². The maximum atomic E-state index is 13.5. The van der Waals surface area contributed by atoms with Crippen molar-refractivity contribution < 1.29 is 12.8 Å². The van der Waals surface area contributed by atoms with E-state index in [4.69, 9.17) is 11.6 Å². The van der Waals surface area contributed by atoms with Crippen LogP contribution in [-0.4, -0.2) is 28.1 Å². The van der Waals surface area contributed by atoms with E-state index in [1.807, 2.05) is 0 Å². The minimum Gasteiger partial charge on any atom is -0.316 e. The molecule has 2 N–H and O–H groups in total. The maximum absolute atomic E-state index is 13.5. The van der Waals surface area contributed by atoms with Gasteiger partial charge in [-0.05, 0) is 43.6 Å². The summed E-state index contributed by atoms with van der Waals surface area (Å²) in [4.78, 5) is -0.363. The Bertz CT molecular complexity index is 533. The molecule has 0 spiro atoms. The molecule has 0 radical (unpaired) electrons. The molecule has 19 heavy (non-hydrogen) atoms. The van der Waals surface area contributed by atoms with Gasteiger partial charge in [0.1, 0.15) is 10.7 Å². The predicted molar refractivity (Wildman–Crippen MR) is 74.8 cm³/mol. The molecule has 1 aromatic carbocycles. The molecular formula is C11H15Cl2FN2O2S. The van der Waals surface area contributed by atoms with Crippen LogP contribution in [0.3, 0.4) is 0 Å². The molecule has 1 saturated heterocycles. The van der Waals surface area contributed by atoms with E-state index in [2.05, 4.69) is 10.0 Å². The molecule has 1 heterocycles. The van der Waals surface area contributed by atoms with Crippen molar-refractivity contribution in [2.24, 2.45) is 5.92 Å². The molecule has 1 aromatic rings. The summed E-state index contributed by atoms with van der Waals surface area (Å²) in [7, 11) is -3.81. The number of hydrogen-bond donors (Lipinski definition) is 2. The van der Waals surface area contributed by atoms with Crippen LogP contribution in [0.2, 0.25) is 5.02 Å². The van der Waals surface area contributed by atoms with Crippen molar-refractivity contribution in [3.8, 4) is 0 Å². The third-order valence-electron chi connectivity index (χ3n) is 2.91. The van der Waals surface area contributed by atoms with E-state index in [1.165, 1.54) is 12.1 Å². The highest BCUT2D eigenvalue weighted by Crippen LogP contribution is 2.19.